The van der Waals surface area contributed by atoms with Crippen LogP contribution in [0, 0.1) is 11.3 Å². The van der Waals surface area contributed by atoms with Crippen LogP contribution in [0.5, 0.6) is 0 Å². The number of nitrogens with zero attached hydrogens (tertiary/aromatic N) is 1. The van der Waals surface area contributed by atoms with E-state index in [1.165, 1.54) is 23.5 Å². The molecule has 6 heteroatoms. The molecule has 0 fully saturated rings. The van der Waals surface area contributed by atoms with E-state index in [0.717, 1.165) is 4.88 Å². The lowest BCUT2D eigenvalue weighted by atomic mass is 10.2. The van der Waals surface area contributed by atoms with Crippen molar-refractivity contribution in [3.8, 4) is 6.07 Å². The normalized spacial score (nSPS) is 10.9. The number of rotatable bonds is 3. The molecule has 20 heavy (non-hydrogen) atoms. The predicted octanol–water partition coefficient (Wildman–Crippen LogP) is 4.60. The maximum atomic E-state index is 12.0. The van der Waals surface area contributed by atoms with Crippen LogP contribution in [0.3, 0.4) is 0 Å². The third kappa shape index (κ3) is 3.61. The number of amides is 1. The smallest absolute Gasteiger partial charge is 0.266 e. The van der Waals surface area contributed by atoms with Gasteiger partial charge < -0.3 is 5.32 Å². The van der Waals surface area contributed by atoms with Gasteiger partial charge >= 0.3 is 0 Å². The average Bonchev–Trinajstić information content (AvgIpc) is 2.92. The van der Waals surface area contributed by atoms with E-state index in [9.17, 15) is 4.79 Å². The number of hydrogen-bond donors (Lipinski definition) is 1. The number of halogens is 2. The molecule has 2 aromatic rings. The standard InChI is InChI=1S/C14H8Cl2N2OS/c15-10-3-4-13(12(16)7-10)18-14(19)9(8-17)6-11-2-1-5-20-11/h1-7H,(H,18,19). The van der Waals surface area contributed by atoms with Gasteiger partial charge in [-0.2, -0.15) is 5.26 Å². The van der Waals surface area contributed by atoms with Crippen LogP contribution in [0.15, 0.2) is 41.3 Å². The topological polar surface area (TPSA) is 52.9 Å². The minimum absolute atomic E-state index is 0.0125. The van der Waals surface area contributed by atoms with E-state index in [1.54, 1.807) is 12.1 Å². The summed E-state index contributed by atoms with van der Waals surface area (Å²) in [7, 11) is 0. The number of carbonyl (C=O) groups excluding carboxylic acids is 1. The molecule has 1 amide bonds. The lowest BCUT2D eigenvalue weighted by Crippen LogP contribution is -2.13. The zero-order chi connectivity index (χ0) is 14.5. The van der Waals surface area contributed by atoms with Crippen molar-refractivity contribution in [3.05, 3.63) is 56.2 Å². The molecule has 0 radical (unpaired) electrons. The van der Waals surface area contributed by atoms with Crippen molar-refractivity contribution in [1.29, 1.82) is 5.26 Å². The van der Waals surface area contributed by atoms with E-state index in [0.29, 0.717) is 15.7 Å². The number of anilines is 1. The SMILES string of the molecule is N#CC(=Cc1cccs1)C(=O)Nc1ccc(Cl)cc1Cl. The average molecular weight is 323 g/mol. The molecular formula is C14H8Cl2N2OS. The monoisotopic (exact) mass is 322 g/mol. The van der Waals surface area contributed by atoms with Gasteiger partial charge in [-0.05, 0) is 35.7 Å². The summed E-state index contributed by atoms with van der Waals surface area (Å²) in [6.45, 7) is 0. The summed E-state index contributed by atoms with van der Waals surface area (Å²) in [5.74, 6) is -0.509. The molecule has 1 aromatic heterocycles. The van der Waals surface area contributed by atoms with Gasteiger partial charge in [0.1, 0.15) is 11.6 Å². The molecule has 1 N–H and O–H groups in total. The molecule has 0 unspecified atom stereocenters. The number of nitrogens with one attached hydrogen (secondary N) is 1. The Bertz CT molecular complexity index is 702. The number of benzene rings is 1. The van der Waals surface area contributed by atoms with Gasteiger partial charge in [-0.3, -0.25) is 4.79 Å². The van der Waals surface area contributed by atoms with Crippen LogP contribution in [0.2, 0.25) is 10.0 Å². The molecule has 2 rings (SSSR count). The van der Waals surface area contributed by atoms with E-state index >= 15 is 0 Å². The molecule has 0 aliphatic carbocycles. The molecule has 0 bridgehead atoms. The largest absolute Gasteiger partial charge is 0.320 e. The first kappa shape index (κ1) is 14.6. The van der Waals surface area contributed by atoms with Gasteiger partial charge in [0, 0.05) is 9.90 Å². The lowest BCUT2D eigenvalue weighted by molar-refractivity contribution is -0.112. The van der Waals surface area contributed by atoms with E-state index in [4.69, 9.17) is 28.5 Å². The summed E-state index contributed by atoms with van der Waals surface area (Å²) in [5, 5.41) is 14.3. The summed E-state index contributed by atoms with van der Waals surface area (Å²) in [6.07, 6.45) is 1.53. The van der Waals surface area contributed by atoms with E-state index in [-0.39, 0.29) is 5.57 Å². The lowest BCUT2D eigenvalue weighted by Gasteiger charge is -2.06. The summed E-state index contributed by atoms with van der Waals surface area (Å²) in [5.41, 5.74) is 0.423. The molecular weight excluding hydrogens is 315 g/mol. The van der Waals surface area contributed by atoms with Crippen molar-refractivity contribution >= 4 is 52.2 Å². The summed E-state index contributed by atoms with van der Waals surface area (Å²) in [4.78, 5) is 12.9. The van der Waals surface area contributed by atoms with Crippen LogP contribution < -0.4 is 5.32 Å². The second kappa shape index (κ2) is 6.58. The Labute approximate surface area is 130 Å². The molecule has 0 saturated carbocycles. The van der Waals surface area contributed by atoms with Crippen molar-refractivity contribution in [2.75, 3.05) is 5.32 Å². The van der Waals surface area contributed by atoms with Crippen molar-refractivity contribution in [2.24, 2.45) is 0 Å². The van der Waals surface area contributed by atoms with E-state index in [1.807, 2.05) is 23.6 Å². The van der Waals surface area contributed by atoms with Crippen LogP contribution in [0.4, 0.5) is 5.69 Å². The fourth-order valence-electron chi connectivity index (χ4n) is 1.44. The molecule has 0 aliphatic heterocycles. The van der Waals surface area contributed by atoms with Crippen LogP contribution in [0.1, 0.15) is 4.88 Å². The predicted molar refractivity (Wildman–Crippen MR) is 83.0 cm³/mol. The fraction of sp³-hybridized carbons (Fsp3) is 0. The number of thiophene rings is 1. The highest BCUT2D eigenvalue weighted by molar-refractivity contribution is 7.10. The number of carbonyl (C=O) groups is 1. The number of hydrogen-bond acceptors (Lipinski definition) is 3. The highest BCUT2D eigenvalue weighted by atomic mass is 35.5. The zero-order valence-corrected chi connectivity index (χ0v) is 12.4. The van der Waals surface area contributed by atoms with Crippen molar-refractivity contribution < 1.29 is 4.79 Å². The summed E-state index contributed by atoms with van der Waals surface area (Å²) in [6, 6.07) is 10.3. The molecule has 1 heterocycles. The Morgan fingerprint density at radius 3 is 2.75 bits per heavy atom. The van der Waals surface area contributed by atoms with E-state index in [2.05, 4.69) is 5.32 Å². The summed E-state index contributed by atoms with van der Waals surface area (Å²) >= 11 is 13.2. The first-order chi connectivity index (χ1) is 9.60. The third-order valence-corrected chi connectivity index (χ3v) is 3.74. The van der Waals surface area contributed by atoms with Crippen molar-refractivity contribution in [1.82, 2.24) is 0 Å². The summed E-state index contributed by atoms with van der Waals surface area (Å²) < 4.78 is 0. The second-order valence-electron chi connectivity index (χ2n) is 3.76. The third-order valence-electron chi connectivity index (χ3n) is 2.37. The Kier molecular flexibility index (Phi) is 4.80. The molecule has 0 aliphatic rings. The van der Waals surface area contributed by atoms with Gasteiger partial charge in [0.15, 0.2) is 0 Å². The molecule has 0 saturated heterocycles. The Morgan fingerprint density at radius 1 is 1.35 bits per heavy atom. The number of nitriles is 1. The van der Waals surface area contributed by atoms with Gasteiger partial charge in [0.2, 0.25) is 0 Å². The minimum Gasteiger partial charge on any atom is -0.320 e. The molecule has 1 aromatic carbocycles. The van der Waals surface area contributed by atoms with Crippen molar-refractivity contribution in [2.45, 2.75) is 0 Å². The maximum absolute atomic E-state index is 12.0. The van der Waals surface area contributed by atoms with Gasteiger partial charge in [0.05, 0.1) is 10.7 Å². The molecule has 0 atom stereocenters. The van der Waals surface area contributed by atoms with Gasteiger partial charge in [-0.15, -0.1) is 11.3 Å². The van der Waals surface area contributed by atoms with E-state index < -0.39 is 5.91 Å². The second-order valence-corrected chi connectivity index (χ2v) is 5.59. The fourth-order valence-corrected chi connectivity index (χ4v) is 2.56. The van der Waals surface area contributed by atoms with Crippen LogP contribution in [0.25, 0.3) is 6.08 Å². The highest BCUT2D eigenvalue weighted by Gasteiger charge is 2.11. The van der Waals surface area contributed by atoms with Gasteiger partial charge in [-0.25, -0.2) is 0 Å². The van der Waals surface area contributed by atoms with Crippen LogP contribution >= 0.6 is 34.5 Å². The quantitative estimate of drug-likeness (QED) is 0.663. The first-order valence-corrected chi connectivity index (χ1v) is 7.15. The Hall–Kier alpha value is -1.80. The van der Waals surface area contributed by atoms with Crippen LogP contribution in [-0.4, -0.2) is 5.91 Å². The molecule has 100 valence electrons. The van der Waals surface area contributed by atoms with Crippen LogP contribution in [-0.2, 0) is 4.79 Å². The zero-order valence-electron chi connectivity index (χ0n) is 10.1. The first-order valence-electron chi connectivity index (χ1n) is 5.52. The Balaban J connectivity index is 2.20. The molecule has 0 spiro atoms. The molecule has 3 nitrogen and oxygen atoms in total. The Morgan fingerprint density at radius 2 is 2.15 bits per heavy atom. The maximum Gasteiger partial charge on any atom is 0.266 e. The highest BCUT2D eigenvalue weighted by Crippen LogP contribution is 2.26. The minimum atomic E-state index is -0.509. The van der Waals surface area contributed by atoms with Gasteiger partial charge in [-0.1, -0.05) is 29.3 Å². The van der Waals surface area contributed by atoms with Gasteiger partial charge in [0.25, 0.3) is 5.91 Å². The van der Waals surface area contributed by atoms with Crippen molar-refractivity contribution in [3.63, 3.8) is 0 Å².